The van der Waals surface area contributed by atoms with Crippen molar-refractivity contribution in [3.05, 3.63) is 53.7 Å². The third-order valence-corrected chi connectivity index (χ3v) is 6.42. The van der Waals surface area contributed by atoms with E-state index in [0.717, 1.165) is 10.6 Å². The number of aromatic nitrogens is 6. The summed E-state index contributed by atoms with van der Waals surface area (Å²) in [6.07, 6.45) is 2.55. The second kappa shape index (κ2) is 8.14. The van der Waals surface area contributed by atoms with E-state index < -0.39 is 18.0 Å². The van der Waals surface area contributed by atoms with E-state index in [0.29, 0.717) is 23.4 Å². The molecule has 33 heavy (non-hydrogen) atoms. The number of ether oxygens (including phenoxy) is 1. The molecule has 172 valence electrons. The normalized spacial score (nSPS) is 19.2. The molecule has 0 N–H and O–H groups in total. The highest BCUT2D eigenvalue weighted by Gasteiger charge is 2.36. The molecule has 1 amide bonds. The first kappa shape index (κ1) is 21.4. The zero-order chi connectivity index (χ0) is 23.2. The lowest BCUT2D eigenvalue weighted by atomic mass is 10.0. The molecule has 2 atom stereocenters. The number of hydrogen-bond acceptors (Lipinski definition) is 7. The number of hydrogen-bond donors (Lipinski definition) is 0. The third-order valence-electron chi connectivity index (χ3n) is 5.54. The smallest absolute Gasteiger partial charge is 0.433 e. The van der Waals surface area contributed by atoms with Crippen molar-refractivity contribution in [2.45, 2.75) is 38.1 Å². The van der Waals surface area contributed by atoms with Crippen LogP contribution < -0.4 is 4.74 Å². The lowest BCUT2D eigenvalue weighted by Gasteiger charge is -2.37. The fourth-order valence-electron chi connectivity index (χ4n) is 3.89. The van der Waals surface area contributed by atoms with Gasteiger partial charge in [-0.3, -0.25) is 9.20 Å². The molecule has 0 bridgehead atoms. The van der Waals surface area contributed by atoms with Crippen LogP contribution in [0.3, 0.4) is 0 Å². The monoisotopic (exact) mass is 477 g/mol. The second-order valence-electron chi connectivity index (χ2n) is 7.65. The van der Waals surface area contributed by atoms with Gasteiger partial charge in [0.25, 0.3) is 11.8 Å². The molecule has 4 aromatic heterocycles. The molecule has 0 aliphatic carbocycles. The first-order valence-electron chi connectivity index (χ1n) is 10.1. The van der Waals surface area contributed by atoms with E-state index in [1.807, 2.05) is 6.92 Å². The summed E-state index contributed by atoms with van der Waals surface area (Å²) in [6.45, 7) is 2.22. The number of thiophene rings is 1. The first-order chi connectivity index (χ1) is 15.8. The highest BCUT2D eigenvalue weighted by molar-refractivity contribution is 7.12. The minimum absolute atomic E-state index is 0.00286. The van der Waals surface area contributed by atoms with Gasteiger partial charge in [-0.1, -0.05) is 0 Å². The third kappa shape index (κ3) is 3.92. The van der Waals surface area contributed by atoms with Gasteiger partial charge in [0.05, 0.1) is 30.7 Å². The maximum absolute atomic E-state index is 13.4. The van der Waals surface area contributed by atoms with Gasteiger partial charge in [0.1, 0.15) is 11.8 Å². The molecule has 1 unspecified atom stereocenters. The van der Waals surface area contributed by atoms with E-state index in [2.05, 4.69) is 20.2 Å². The molecule has 0 aromatic carbocycles. The Labute approximate surface area is 189 Å². The molecule has 5 heterocycles. The summed E-state index contributed by atoms with van der Waals surface area (Å²) in [5.41, 5.74) is -0.450. The van der Waals surface area contributed by atoms with Gasteiger partial charge < -0.3 is 9.64 Å². The van der Waals surface area contributed by atoms with E-state index in [4.69, 9.17) is 4.74 Å². The molecule has 0 saturated carbocycles. The summed E-state index contributed by atoms with van der Waals surface area (Å²) in [7, 11) is 0. The Morgan fingerprint density at radius 1 is 1.18 bits per heavy atom. The number of halogens is 3. The number of alkyl halides is 3. The van der Waals surface area contributed by atoms with Gasteiger partial charge in [0.15, 0.2) is 5.00 Å². The number of carbonyl (C=O) groups excluding carboxylic acids is 1. The Morgan fingerprint density at radius 3 is 2.73 bits per heavy atom. The quantitative estimate of drug-likeness (QED) is 0.447. The molecule has 1 aliphatic rings. The Balaban J connectivity index is 1.38. The maximum atomic E-state index is 13.4. The molecule has 13 heteroatoms. The van der Waals surface area contributed by atoms with Gasteiger partial charge in [-0.2, -0.15) is 23.4 Å². The predicted molar refractivity (Wildman–Crippen MR) is 111 cm³/mol. The van der Waals surface area contributed by atoms with Gasteiger partial charge in [0.2, 0.25) is 5.65 Å². The van der Waals surface area contributed by atoms with E-state index in [1.165, 1.54) is 40.9 Å². The van der Waals surface area contributed by atoms with Crippen LogP contribution in [0.25, 0.3) is 10.6 Å². The zero-order valence-corrected chi connectivity index (χ0v) is 18.1. The van der Waals surface area contributed by atoms with Crippen LogP contribution in [-0.2, 0) is 6.18 Å². The molecule has 1 fully saturated rings. The average Bonchev–Trinajstić information content (AvgIpc) is 3.53. The lowest BCUT2D eigenvalue weighted by Crippen LogP contribution is -2.49. The van der Waals surface area contributed by atoms with Crippen molar-refractivity contribution in [3.8, 4) is 10.9 Å². The van der Waals surface area contributed by atoms with Crippen LogP contribution in [0, 0.1) is 0 Å². The van der Waals surface area contributed by atoms with Crippen LogP contribution in [-0.4, -0.2) is 58.9 Å². The van der Waals surface area contributed by atoms with Crippen molar-refractivity contribution >= 4 is 22.9 Å². The van der Waals surface area contributed by atoms with Crippen molar-refractivity contribution in [1.82, 2.24) is 34.3 Å². The highest BCUT2D eigenvalue weighted by Crippen LogP contribution is 2.32. The largest absolute Gasteiger partial charge is 0.470 e. The summed E-state index contributed by atoms with van der Waals surface area (Å²) in [6, 6.07) is 1.69. The van der Waals surface area contributed by atoms with Crippen LogP contribution in [0.1, 0.15) is 35.8 Å². The van der Waals surface area contributed by atoms with Crippen LogP contribution in [0.5, 0.6) is 5.88 Å². The molecule has 5 rings (SSSR count). The minimum Gasteiger partial charge on any atom is -0.470 e. The number of nitrogens with zero attached hydrogens (tertiary/aromatic N) is 7. The molecule has 0 spiro atoms. The summed E-state index contributed by atoms with van der Waals surface area (Å²) >= 11 is 1.36. The van der Waals surface area contributed by atoms with Gasteiger partial charge >= 0.3 is 6.18 Å². The van der Waals surface area contributed by atoms with E-state index in [9.17, 15) is 18.0 Å². The molecule has 4 aromatic rings. The Morgan fingerprint density at radius 2 is 1.97 bits per heavy atom. The highest BCUT2D eigenvalue weighted by atomic mass is 32.1. The fraction of sp³-hybridized carbons (Fsp3) is 0.350. The van der Waals surface area contributed by atoms with Crippen LogP contribution >= 0.6 is 11.3 Å². The molecular formula is C20H18F3N7O2S. The lowest BCUT2D eigenvalue weighted by molar-refractivity contribution is -0.141. The maximum Gasteiger partial charge on any atom is 0.433 e. The molecule has 1 aliphatic heterocycles. The molecule has 0 radical (unpaired) electrons. The topological polar surface area (TPSA) is 90.4 Å². The number of likely N-dealkylation sites (tertiary alicyclic amines) is 1. The minimum atomic E-state index is -4.55. The van der Waals surface area contributed by atoms with Crippen LogP contribution in [0.4, 0.5) is 13.2 Å². The van der Waals surface area contributed by atoms with E-state index in [-0.39, 0.29) is 30.0 Å². The Kier molecular flexibility index (Phi) is 5.27. The second-order valence-corrected chi connectivity index (χ2v) is 8.54. The summed E-state index contributed by atoms with van der Waals surface area (Å²) in [4.78, 5) is 24.4. The van der Waals surface area contributed by atoms with Crippen LogP contribution in [0.15, 0.2) is 42.4 Å². The summed E-state index contributed by atoms with van der Waals surface area (Å²) in [5.74, 6) is -0.187. The number of amides is 1. The Hall–Kier alpha value is -3.48. The molecular weight excluding hydrogens is 459 g/mol. The van der Waals surface area contributed by atoms with Crippen molar-refractivity contribution in [3.63, 3.8) is 0 Å². The van der Waals surface area contributed by atoms with Crippen molar-refractivity contribution < 1.29 is 22.7 Å². The first-order valence-corrected chi connectivity index (χ1v) is 11.0. The van der Waals surface area contributed by atoms with Gasteiger partial charge in [-0.05, 0) is 31.2 Å². The number of piperidine rings is 1. The molecule has 9 nitrogen and oxygen atoms in total. The van der Waals surface area contributed by atoms with Gasteiger partial charge in [-0.25, -0.2) is 9.97 Å². The van der Waals surface area contributed by atoms with E-state index in [1.54, 1.807) is 16.3 Å². The standard InChI is InChI=1S/C20H18F3N7O2S/c1-12-2-3-13(32-17-16-25-10-15(20(21,22)23)28(16)8-7-24-17)11-29(12)18(31)14-4-9-33-19(14)30-26-5-6-27-30/h4-10,12-13H,2-3,11H2,1H3/t12-,13?/m1/s1. The Bertz CT molecular complexity index is 1280. The average molecular weight is 477 g/mol. The van der Waals surface area contributed by atoms with E-state index >= 15 is 0 Å². The summed E-state index contributed by atoms with van der Waals surface area (Å²) in [5, 5.41) is 10.6. The van der Waals surface area contributed by atoms with Crippen LogP contribution in [0.2, 0.25) is 0 Å². The fourth-order valence-corrected chi connectivity index (χ4v) is 4.70. The summed E-state index contributed by atoms with van der Waals surface area (Å²) < 4.78 is 46.5. The van der Waals surface area contributed by atoms with Crippen molar-refractivity contribution in [2.24, 2.45) is 0 Å². The van der Waals surface area contributed by atoms with Crippen molar-refractivity contribution in [2.75, 3.05) is 6.54 Å². The number of imidazole rings is 1. The van der Waals surface area contributed by atoms with Crippen molar-refractivity contribution in [1.29, 1.82) is 0 Å². The SMILES string of the molecule is C[C@@H]1CCC(Oc2nccn3c(C(F)(F)F)cnc23)CN1C(=O)c1ccsc1-n1nccn1. The molecule has 1 saturated heterocycles. The number of carbonyl (C=O) groups is 1. The number of fused-ring (bicyclic) bond motifs is 1. The van der Waals surface area contributed by atoms with Gasteiger partial charge in [-0.15, -0.1) is 16.1 Å². The van der Waals surface area contributed by atoms with Gasteiger partial charge in [0, 0.05) is 18.4 Å². The number of rotatable bonds is 4. The zero-order valence-electron chi connectivity index (χ0n) is 17.3. The predicted octanol–water partition coefficient (Wildman–Crippen LogP) is 3.46.